The van der Waals surface area contributed by atoms with E-state index in [0.29, 0.717) is 0 Å². The molecule has 0 aliphatic carbocycles. The van der Waals surface area contributed by atoms with Crippen LogP contribution in [0.3, 0.4) is 0 Å². The molecule has 0 aromatic rings. The summed E-state index contributed by atoms with van der Waals surface area (Å²) in [6.07, 6.45) is -0.190. The van der Waals surface area contributed by atoms with E-state index in [0.717, 1.165) is 6.42 Å². The van der Waals surface area contributed by atoms with E-state index in [4.69, 9.17) is 5.11 Å². The highest BCUT2D eigenvalue weighted by atomic mass is 16.6. The molecule has 3 unspecified atom stereocenters. The van der Waals surface area contributed by atoms with Crippen LogP contribution in [0, 0.1) is 11.3 Å². The lowest BCUT2D eigenvalue weighted by atomic mass is 9.69. The predicted molar refractivity (Wildman–Crippen MR) is 45.1 cm³/mol. The lowest BCUT2D eigenvalue weighted by molar-refractivity contribution is -0.219. The smallest absolute Gasteiger partial charge is 0.346 e. The molecule has 1 N–H and O–H groups in total. The van der Waals surface area contributed by atoms with Crippen LogP contribution in [-0.2, 0) is 14.3 Å². The topological polar surface area (TPSA) is 63.6 Å². The minimum atomic E-state index is -1.05. The molecule has 1 aliphatic rings. The van der Waals surface area contributed by atoms with Crippen molar-refractivity contribution in [2.45, 2.75) is 33.3 Å². The zero-order valence-corrected chi connectivity index (χ0v) is 8.03. The SMILES string of the molecule is CCC(C)C1(C)C(=O)OC1C(=O)O. The Morgan fingerprint density at radius 2 is 2.31 bits per heavy atom. The lowest BCUT2D eigenvalue weighted by Crippen LogP contribution is -2.61. The number of cyclic esters (lactones) is 1. The fourth-order valence-electron chi connectivity index (χ4n) is 1.60. The highest BCUT2D eigenvalue weighted by molar-refractivity contribution is 5.93. The van der Waals surface area contributed by atoms with Gasteiger partial charge in [0.25, 0.3) is 0 Å². The lowest BCUT2D eigenvalue weighted by Gasteiger charge is -2.45. The Balaban J connectivity index is 2.85. The molecule has 0 spiro atoms. The molecule has 1 aliphatic heterocycles. The van der Waals surface area contributed by atoms with Gasteiger partial charge in [-0.2, -0.15) is 0 Å². The minimum absolute atomic E-state index is 0.0369. The first-order valence-electron chi connectivity index (χ1n) is 4.38. The summed E-state index contributed by atoms with van der Waals surface area (Å²) >= 11 is 0. The molecular weight excluding hydrogens is 172 g/mol. The van der Waals surface area contributed by atoms with E-state index in [2.05, 4.69) is 4.74 Å². The Morgan fingerprint density at radius 3 is 2.62 bits per heavy atom. The fraction of sp³-hybridized carbons (Fsp3) is 0.778. The third kappa shape index (κ3) is 1.20. The van der Waals surface area contributed by atoms with Gasteiger partial charge >= 0.3 is 11.9 Å². The molecule has 0 aromatic heterocycles. The second kappa shape index (κ2) is 3.01. The third-order valence-corrected chi connectivity index (χ3v) is 3.07. The van der Waals surface area contributed by atoms with Crippen LogP contribution >= 0.6 is 0 Å². The number of esters is 1. The van der Waals surface area contributed by atoms with Gasteiger partial charge in [-0.25, -0.2) is 4.79 Å². The van der Waals surface area contributed by atoms with Gasteiger partial charge in [-0.3, -0.25) is 4.79 Å². The monoisotopic (exact) mass is 186 g/mol. The van der Waals surface area contributed by atoms with E-state index in [9.17, 15) is 9.59 Å². The summed E-state index contributed by atoms with van der Waals surface area (Å²) in [5, 5.41) is 8.75. The number of hydrogen-bond donors (Lipinski definition) is 1. The van der Waals surface area contributed by atoms with Crippen molar-refractivity contribution in [3.63, 3.8) is 0 Å². The van der Waals surface area contributed by atoms with Gasteiger partial charge < -0.3 is 9.84 Å². The first kappa shape index (κ1) is 10.0. The van der Waals surface area contributed by atoms with Crippen LogP contribution in [0.25, 0.3) is 0 Å². The molecule has 1 saturated heterocycles. The second-order valence-electron chi connectivity index (χ2n) is 3.72. The van der Waals surface area contributed by atoms with Crippen LogP contribution in [0.1, 0.15) is 27.2 Å². The quantitative estimate of drug-likeness (QED) is 0.669. The fourth-order valence-corrected chi connectivity index (χ4v) is 1.60. The summed E-state index contributed by atoms with van der Waals surface area (Å²) in [6, 6.07) is 0. The molecule has 0 saturated carbocycles. The van der Waals surface area contributed by atoms with E-state index < -0.39 is 23.5 Å². The number of aliphatic carboxylic acids is 1. The molecule has 3 atom stereocenters. The van der Waals surface area contributed by atoms with Crippen LogP contribution < -0.4 is 0 Å². The Morgan fingerprint density at radius 1 is 1.77 bits per heavy atom. The molecule has 0 amide bonds. The zero-order valence-electron chi connectivity index (χ0n) is 8.03. The Kier molecular flexibility index (Phi) is 2.32. The number of hydrogen-bond acceptors (Lipinski definition) is 3. The van der Waals surface area contributed by atoms with Crippen molar-refractivity contribution < 1.29 is 19.4 Å². The number of carboxylic acids is 1. The van der Waals surface area contributed by atoms with Crippen molar-refractivity contribution in [2.75, 3.05) is 0 Å². The van der Waals surface area contributed by atoms with Crippen molar-refractivity contribution in [2.24, 2.45) is 11.3 Å². The molecule has 0 radical (unpaired) electrons. The maximum Gasteiger partial charge on any atom is 0.346 e. The Labute approximate surface area is 76.9 Å². The van der Waals surface area contributed by atoms with Gasteiger partial charge in [-0.05, 0) is 12.8 Å². The molecule has 74 valence electrons. The summed E-state index contributed by atoms with van der Waals surface area (Å²) in [5.74, 6) is -1.41. The normalized spacial score (nSPS) is 34.7. The summed E-state index contributed by atoms with van der Waals surface area (Å²) < 4.78 is 4.60. The molecule has 1 rings (SSSR count). The third-order valence-electron chi connectivity index (χ3n) is 3.07. The van der Waals surface area contributed by atoms with E-state index in [1.165, 1.54) is 0 Å². The van der Waals surface area contributed by atoms with Gasteiger partial charge in [0.2, 0.25) is 6.10 Å². The van der Waals surface area contributed by atoms with Crippen LogP contribution in [0.15, 0.2) is 0 Å². The highest BCUT2D eigenvalue weighted by Crippen LogP contribution is 2.44. The summed E-state index contributed by atoms with van der Waals surface area (Å²) in [7, 11) is 0. The number of carbonyl (C=O) groups excluding carboxylic acids is 1. The van der Waals surface area contributed by atoms with Gasteiger partial charge in [0.15, 0.2) is 0 Å². The molecule has 13 heavy (non-hydrogen) atoms. The first-order valence-corrected chi connectivity index (χ1v) is 4.38. The van der Waals surface area contributed by atoms with E-state index in [1.54, 1.807) is 6.92 Å². The standard InChI is InChI=1S/C9H14O4/c1-4-5(2)9(3)6(7(10)11)13-8(9)12/h5-6H,4H2,1-3H3,(H,10,11). The number of rotatable bonds is 3. The number of carboxylic acid groups (broad SMARTS) is 1. The largest absolute Gasteiger partial charge is 0.478 e. The van der Waals surface area contributed by atoms with Crippen LogP contribution in [0.5, 0.6) is 0 Å². The molecule has 4 nitrogen and oxygen atoms in total. The second-order valence-corrected chi connectivity index (χ2v) is 3.72. The van der Waals surface area contributed by atoms with Gasteiger partial charge in [0.05, 0.1) is 0 Å². The summed E-state index contributed by atoms with van der Waals surface area (Å²) in [4.78, 5) is 21.9. The highest BCUT2D eigenvalue weighted by Gasteiger charge is 2.60. The van der Waals surface area contributed by atoms with E-state index in [-0.39, 0.29) is 5.92 Å². The number of ether oxygens (including phenoxy) is 1. The summed E-state index contributed by atoms with van der Waals surface area (Å²) in [5.41, 5.74) is -0.833. The minimum Gasteiger partial charge on any atom is -0.478 e. The van der Waals surface area contributed by atoms with E-state index >= 15 is 0 Å². The average molecular weight is 186 g/mol. The maximum absolute atomic E-state index is 11.2. The molecule has 1 heterocycles. The van der Waals surface area contributed by atoms with Gasteiger partial charge in [-0.1, -0.05) is 20.3 Å². The summed E-state index contributed by atoms with van der Waals surface area (Å²) in [6.45, 7) is 5.46. The van der Waals surface area contributed by atoms with Crippen molar-refractivity contribution in [3.8, 4) is 0 Å². The Hall–Kier alpha value is -1.06. The van der Waals surface area contributed by atoms with E-state index in [1.807, 2.05) is 13.8 Å². The average Bonchev–Trinajstić information content (AvgIpc) is 2.10. The molecular formula is C9H14O4. The molecule has 1 fully saturated rings. The maximum atomic E-state index is 11.2. The van der Waals surface area contributed by atoms with Crippen LogP contribution in [0.2, 0.25) is 0 Å². The zero-order chi connectivity index (χ0) is 10.2. The molecule has 0 bridgehead atoms. The van der Waals surface area contributed by atoms with Gasteiger partial charge in [-0.15, -0.1) is 0 Å². The molecule has 4 heteroatoms. The van der Waals surface area contributed by atoms with Crippen molar-refractivity contribution in [1.29, 1.82) is 0 Å². The van der Waals surface area contributed by atoms with Crippen LogP contribution in [0.4, 0.5) is 0 Å². The van der Waals surface area contributed by atoms with Gasteiger partial charge in [0.1, 0.15) is 5.41 Å². The van der Waals surface area contributed by atoms with Crippen molar-refractivity contribution in [1.82, 2.24) is 0 Å². The van der Waals surface area contributed by atoms with Crippen molar-refractivity contribution >= 4 is 11.9 Å². The van der Waals surface area contributed by atoms with Crippen LogP contribution in [-0.4, -0.2) is 23.1 Å². The van der Waals surface area contributed by atoms with Gasteiger partial charge in [0, 0.05) is 0 Å². The first-order chi connectivity index (χ1) is 5.94. The Bertz CT molecular complexity index is 248. The van der Waals surface area contributed by atoms with Crippen molar-refractivity contribution in [3.05, 3.63) is 0 Å². The number of carbonyl (C=O) groups is 2. The molecule has 0 aromatic carbocycles. The predicted octanol–water partition coefficient (Wildman–Crippen LogP) is 1.05.